The molecule has 174 valence electrons. The number of imide groups is 1. The number of hydrogen-bond acceptors (Lipinski definition) is 5. The number of rotatable bonds is 7. The molecule has 0 saturated carbocycles. The molecule has 9 heteroatoms. The average Bonchev–Trinajstić information content (AvgIpc) is 3.07. The van der Waals surface area contributed by atoms with Crippen molar-refractivity contribution in [3.8, 4) is 11.5 Å². The molecule has 34 heavy (non-hydrogen) atoms. The molecule has 0 N–H and O–H groups in total. The lowest BCUT2D eigenvalue weighted by Gasteiger charge is -2.14. The molecule has 0 aromatic heterocycles. The van der Waals surface area contributed by atoms with E-state index in [0.29, 0.717) is 26.4 Å². The summed E-state index contributed by atoms with van der Waals surface area (Å²) in [5.74, 6) is 0.763. The van der Waals surface area contributed by atoms with Gasteiger partial charge in [-0.15, -0.1) is 0 Å². The van der Waals surface area contributed by atoms with Gasteiger partial charge in [-0.05, 0) is 81.9 Å². The minimum atomic E-state index is -0.335. The second kappa shape index (κ2) is 11.0. The molecule has 2 amide bonds. The maximum Gasteiger partial charge on any atom is 0.293 e. The molecule has 0 radical (unpaired) electrons. The quantitative estimate of drug-likeness (QED) is 0.202. The molecule has 1 saturated heterocycles. The number of carbonyl (C=O) groups excluding carboxylic acids is 2. The Balaban J connectivity index is 1.53. The Hall–Kier alpha value is -2.20. The number of methoxy groups -OCH3 is 1. The van der Waals surface area contributed by atoms with E-state index >= 15 is 0 Å². The van der Waals surface area contributed by atoms with Crippen molar-refractivity contribution in [1.82, 2.24) is 4.90 Å². The smallest absolute Gasteiger partial charge is 0.293 e. The molecule has 0 unspecified atom stereocenters. The molecule has 1 aliphatic heterocycles. The third kappa shape index (κ3) is 5.71. The topological polar surface area (TPSA) is 55.8 Å². The van der Waals surface area contributed by atoms with Crippen molar-refractivity contribution in [2.75, 3.05) is 7.11 Å². The first kappa shape index (κ1) is 24.9. The van der Waals surface area contributed by atoms with Crippen LogP contribution in [-0.2, 0) is 17.9 Å². The summed E-state index contributed by atoms with van der Waals surface area (Å²) in [6, 6.07) is 18.2. The summed E-state index contributed by atoms with van der Waals surface area (Å²) in [4.78, 5) is 27.0. The Morgan fingerprint density at radius 3 is 2.50 bits per heavy atom. The van der Waals surface area contributed by atoms with Crippen LogP contribution in [0.4, 0.5) is 4.79 Å². The molecule has 1 fully saturated rings. The van der Waals surface area contributed by atoms with Gasteiger partial charge >= 0.3 is 0 Å². The Bertz CT molecular complexity index is 1280. The van der Waals surface area contributed by atoms with Gasteiger partial charge in [-0.1, -0.05) is 53.5 Å². The highest BCUT2D eigenvalue weighted by molar-refractivity contribution is 14.1. The maximum absolute atomic E-state index is 12.9. The van der Waals surface area contributed by atoms with Gasteiger partial charge in [-0.3, -0.25) is 14.5 Å². The van der Waals surface area contributed by atoms with Gasteiger partial charge in [0, 0.05) is 15.6 Å². The van der Waals surface area contributed by atoms with Gasteiger partial charge in [0.1, 0.15) is 6.61 Å². The van der Waals surface area contributed by atoms with Gasteiger partial charge < -0.3 is 9.47 Å². The van der Waals surface area contributed by atoms with Crippen LogP contribution >= 0.6 is 57.6 Å². The summed E-state index contributed by atoms with van der Waals surface area (Å²) in [5, 5.41) is 0.913. The van der Waals surface area contributed by atoms with E-state index in [2.05, 4.69) is 22.6 Å². The molecular weight excluding hydrogens is 608 g/mol. The van der Waals surface area contributed by atoms with E-state index in [-0.39, 0.29) is 24.3 Å². The molecule has 3 aromatic carbocycles. The fraction of sp³-hybridized carbons (Fsp3) is 0.120. The van der Waals surface area contributed by atoms with Crippen LogP contribution in [-0.4, -0.2) is 23.2 Å². The largest absolute Gasteiger partial charge is 0.493 e. The lowest BCUT2D eigenvalue weighted by Crippen LogP contribution is -2.27. The van der Waals surface area contributed by atoms with Crippen LogP contribution in [0.2, 0.25) is 10.0 Å². The number of nitrogens with zero attached hydrogens (tertiary/aromatic N) is 1. The fourth-order valence-corrected chi connectivity index (χ4v) is 5.22. The number of thioether (sulfide) groups is 1. The van der Waals surface area contributed by atoms with E-state index in [1.54, 1.807) is 43.5 Å². The molecule has 4 rings (SSSR count). The Labute approximate surface area is 225 Å². The third-order valence-corrected chi connectivity index (χ3v) is 7.34. The molecule has 0 atom stereocenters. The van der Waals surface area contributed by atoms with Crippen molar-refractivity contribution >= 4 is 74.8 Å². The van der Waals surface area contributed by atoms with E-state index in [9.17, 15) is 9.59 Å². The minimum absolute atomic E-state index is 0.189. The highest BCUT2D eigenvalue weighted by Gasteiger charge is 2.35. The normalized spacial score (nSPS) is 14.7. The second-order valence-electron chi connectivity index (χ2n) is 7.31. The number of ether oxygens (including phenoxy) is 2. The summed E-state index contributed by atoms with van der Waals surface area (Å²) in [5.41, 5.74) is 2.41. The molecule has 1 heterocycles. The monoisotopic (exact) mass is 625 g/mol. The van der Waals surface area contributed by atoms with Crippen LogP contribution < -0.4 is 9.47 Å². The molecule has 3 aromatic rings. The van der Waals surface area contributed by atoms with Crippen LogP contribution in [0.3, 0.4) is 0 Å². The molecule has 5 nitrogen and oxygen atoms in total. The molecular formula is C25H18Cl2INO4S. The van der Waals surface area contributed by atoms with E-state index < -0.39 is 0 Å². The van der Waals surface area contributed by atoms with Gasteiger partial charge in [0.25, 0.3) is 11.1 Å². The van der Waals surface area contributed by atoms with Crippen molar-refractivity contribution in [2.24, 2.45) is 0 Å². The first-order valence-electron chi connectivity index (χ1n) is 10.1. The minimum Gasteiger partial charge on any atom is -0.493 e. The van der Waals surface area contributed by atoms with Gasteiger partial charge in [0.05, 0.1) is 22.1 Å². The van der Waals surface area contributed by atoms with Crippen LogP contribution in [0, 0.1) is 3.57 Å². The predicted molar refractivity (Wildman–Crippen MR) is 144 cm³/mol. The zero-order chi connectivity index (χ0) is 24.2. The maximum atomic E-state index is 12.9. The first-order valence-corrected chi connectivity index (χ1v) is 12.7. The van der Waals surface area contributed by atoms with E-state index in [1.807, 2.05) is 30.3 Å². The van der Waals surface area contributed by atoms with Crippen molar-refractivity contribution in [2.45, 2.75) is 13.2 Å². The van der Waals surface area contributed by atoms with Gasteiger partial charge in [0.15, 0.2) is 11.5 Å². The predicted octanol–water partition coefficient (Wildman–Crippen LogP) is 7.42. The Kier molecular flexibility index (Phi) is 8.08. The zero-order valence-electron chi connectivity index (χ0n) is 17.9. The second-order valence-corrected chi connectivity index (χ2v) is 10.3. The number of hydrogen-bond donors (Lipinski definition) is 0. The highest BCUT2D eigenvalue weighted by atomic mass is 127. The van der Waals surface area contributed by atoms with Crippen molar-refractivity contribution in [1.29, 1.82) is 0 Å². The van der Waals surface area contributed by atoms with Gasteiger partial charge in [0.2, 0.25) is 0 Å². The van der Waals surface area contributed by atoms with Crippen molar-refractivity contribution in [3.05, 3.63) is 95.9 Å². The molecule has 0 bridgehead atoms. The lowest BCUT2D eigenvalue weighted by atomic mass is 10.1. The van der Waals surface area contributed by atoms with Crippen LogP contribution in [0.15, 0.2) is 65.6 Å². The number of amides is 2. The van der Waals surface area contributed by atoms with Crippen molar-refractivity contribution in [3.63, 3.8) is 0 Å². The van der Waals surface area contributed by atoms with Crippen LogP contribution in [0.25, 0.3) is 6.08 Å². The average molecular weight is 626 g/mol. The number of halogens is 3. The standard InChI is InChI=1S/C25H18Cl2INO4S/c1-32-21-11-16(10-20(28)23(21)33-14-17-4-2-3-5-19(17)27)12-22-24(30)29(25(31)34-22)13-15-6-8-18(26)9-7-15/h2-12H,13-14H2,1H3/b22-12-. The third-order valence-electron chi connectivity index (χ3n) is 5.01. The zero-order valence-corrected chi connectivity index (χ0v) is 22.4. The summed E-state index contributed by atoms with van der Waals surface area (Å²) < 4.78 is 12.3. The van der Waals surface area contributed by atoms with Gasteiger partial charge in [-0.25, -0.2) is 0 Å². The van der Waals surface area contributed by atoms with Gasteiger partial charge in [-0.2, -0.15) is 0 Å². The summed E-state index contributed by atoms with van der Waals surface area (Å²) in [6.45, 7) is 0.476. The SMILES string of the molecule is COc1cc(/C=C2\SC(=O)N(Cc3ccc(Cl)cc3)C2=O)cc(I)c1OCc1ccccc1Cl. The number of benzene rings is 3. The molecule has 1 aliphatic rings. The summed E-state index contributed by atoms with van der Waals surface area (Å²) in [6.07, 6.45) is 1.69. The van der Waals surface area contributed by atoms with Crippen molar-refractivity contribution < 1.29 is 19.1 Å². The van der Waals surface area contributed by atoms with E-state index in [0.717, 1.165) is 32.0 Å². The highest BCUT2D eigenvalue weighted by Crippen LogP contribution is 2.38. The lowest BCUT2D eigenvalue weighted by molar-refractivity contribution is -0.123. The van der Waals surface area contributed by atoms with Crippen LogP contribution in [0.5, 0.6) is 11.5 Å². The van der Waals surface area contributed by atoms with Crippen LogP contribution in [0.1, 0.15) is 16.7 Å². The Morgan fingerprint density at radius 2 is 1.79 bits per heavy atom. The van der Waals surface area contributed by atoms with E-state index in [1.165, 1.54) is 4.90 Å². The summed E-state index contributed by atoms with van der Waals surface area (Å²) >= 11 is 15.2. The molecule has 0 aliphatic carbocycles. The Morgan fingerprint density at radius 1 is 1.06 bits per heavy atom. The molecule has 0 spiro atoms. The van der Waals surface area contributed by atoms with E-state index in [4.69, 9.17) is 32.7 Å². The first-order chi connectivity index (χ1) is 16.4. The summed E-state index contributed by atoms with van der Waals surface area (Å²) in [7, 11) is 1.55. The number of carbonyl (C=O) groups is 2. The fourth-order valence-electron chi connectivity index (χ4n) is 3.29.